The maximum absolute atomic E-state index is 13.6. The lowest BCUT2D eigenvalue weighted by Gasteiger charge is -2.23. The summed E-state index contributed by atoms with van der Waals surface area (Å²) in [5.41, 5.74) is 1.67. The number of ether oxygens (including phenoxy) is 1. The van der Waals surface area contributed by atoms with Crippen LogP contribution in [0.3, 0.4) is 0 Å². The molecule has 1 aliphatic heterocycles. The monoisotopic (exact) mass is 450 g/mol. The van der Waals surface area contributed by atoms with E-state index in [4.69, 9.17) is 20.9 Å². The number of rotatable bonds is 5. The van der Waals surface area contributed by atoms with Crippen molar-refractivity contribution in [3.63, 3.8) is 0 Å². The number of hydrogen-bond acceptors (Lipinski definition) is 7. The zero-order valence-electron chi connectivity index (χ0n) is 17.2. The lowest BCUT2D eigenvalue weighted by Crippen LogP contribution is -2.31. The second kappa shape index (κ2) is 8.43. The highest BCUT2D eigenvalue weighted by Gasteiger charge is 2.36. The van der Waals surface area contributed by atoms with Gasteiger partial charge in [0.2, 0.25) is 11.7 Å². The van der Waals surface area contributed by atoms with Gasteiger partial charge in [0.1, 0.15) is 11.8 Å². The van der Waals surface area contributed by atoms with Crippen molar-refractivity contribution in [1.29, 1.82) is 0 Å². The molecule has 0 N–H and O–H groups in total. The van der Waals surface area contributed by atoms with E-state index in [1.54, 1.807) is 48.7 Å². The Morgan fingerprint density at radius 2 is 2.00 bits per heavy atom. The van der Waals surface area contributed by atoms with E-state index in [0.29, 0.717) is 45.8 Å². The number of methoxy groups -OCH3 is 1. The Labute approximate surface area is 188 Å². The van der Waals surface area contributed by atoms with Gasteiger partial charge in [-0.05, 0) is 43.2 Å². The molecule has 1 atom stereocenters. The summed E-state index contributed by atoms with van der Waals surface area (Å²) in [6.07, 6.45) is 4.66. The van der Waals surface area contributed by atoms with Crippen molar-refractivity contribution in [3.05, 3.63) is 71.3 Å². The van der Waals surface area contributed by atoms with Crippen LogP contribution in [0.2, 0.25) is 5.02 Å². The van der Waals surface area contributed by atoms with Crippen LogP contribution in [0.1, 0.15) is 35.1 Å². The van der Waals surface area contributed by atoms with Crippen LogP contribution < -0.4 is 4.74 Å². The van der Waals surface area contributed by atoms with Gasteiger partial charge in [-0.15, -0.1) is 0 Å². The average Bonchev–Trinajstić information content (AvgIpc) is 3.60. The van der Waals surface area contributed by atoms with Crippen molar-refractivity contribution in [2.75, 3.05) is 13.7 Å². The first-order valence-electron chi connectivity index (χ1n) is 10.1. The van der Waals surface area contributed by atoms with E-state index >= 15 is 0 Å². The fourth-order valence-electron chi connectivity index (χ4n) is 3.87. The molecule has 0 unspecified atom stereocenters. The van der Waals surface area contributed by atoms with Gasteiger partial charge in [0.05, 0.1) is 35.8 Å². The predicted octanol–water partition coefficient (Wildman–Crippen LogP) is 3.96. The molecule has 0 radical (unpaired) electrons. The smallest absolute Gasteiger partial charge is 0.256 e. The molecule has 5 rings (SSSR count). The van der Waals surface area contributed by atoms with Gasteiger partial charge in [0.25, 0.3) is 5.91 Å². The van der Waals surface area contributed by atoms with Crippen LogP contribution in [0.25, 0.3) is 17.1 Å². The summed E-state index contributed by atoms with van der Waals surface area (Å²) >= 11 is 6.27. The Hall–Kier alpha value is -3.72. The van der Waals surface area contributed by atoms with Crippen LogP contribution in [-0.2, 0) is 0 Å². The maximum atomic E-state index is 13.6. The molecule has 10 heteroatoms. The van der Waals surface area contributed by atoms with Gasteiger partial charge < -0.3 is 14.2 Å². The summed E-state index contributed by atoms with van der Waals surface area (Å²) in [4.78, 5) is 21.3. The van der Waals surface area contributed by atoms with Crippen molar-refractivity contribution < 1.29 is 14.1 Å². The van der Waals surface area contributed by atoms with Gasteiger partial charge in [-0.2, -0.15) is 20.0 Å². The highest BCUT2D eigenvalue weighted by Crippen LogP contribution is 2.35. The van der Waals surface area contributed by atoms with Crippen LogP contribution >= 0.6 is 11.6 Å². The Bertz CT molecular complexity index is 1260. The first-order valence-corrected chi connectivity index (χ1v) is 10.5. The molecule has 32 heavy (non-hydrogen) atoms. The molecule has 0 spiro atoms. The predicted molar refractivity (Wildman–Crippen MR) is 116 cm³/mol. The fourth-order valence-corrected chi connectivity index (χ4v) is 4.09. The molecule has 162 valence electrons. The van der Waals surface area contributed by atoms with E-state index in [9.17, 15) is 4.79 Å². The molecular formula is C22H19ClN6O3. The van der Waals surface area contributed by atoms with Crippen LogP contribution in [0.5, 0.6) is 5.75 Å². The number of carbonyl (C=O) groups is 1. The summed E-state index contributed by atoms with van der Waals surface area (Å²) in [7, 11) is 1.56. The quantitative estimate of drug-likeness (QED) is 0.453. The molecule has 0 saturated carbocycles. The lowest BCUT2D eigenvalue weighted by atomic mass is 10.1. The summed E-state index contributed by atoms with van der Waals surface area (Å²) < 4.78 is 10.9. The van der Waals surface area contributed by atoms with Crippen LogP contribution in [0.15, 0.2) is 59.4 Å². The first kappa shape index (κ1) is 20.2. The largest absolute Gasteiger partial charge is 0.497 e. The van der Waals surface area contributed by atoms with Crippen molar-refractivity contribution in [1.82, 2.24) is 30.0 Å². The number of nitrogens with zero attached hydrogens (tertiary/aromatic N) is 6. The van der Waals surface area contributed by atoms with Crippen molar-refractivity contribution in [2.45, 2.75) is 18.9 Å². The molecule has 1 saturated heterocycles. The second-order valence-electron chi connectivity index (χ2n) is 7.29. The molecule has 2 aromatic carbocycles. The van der Waals surface area contributed by atoms with E-state index in [1.165, 1.54) is 4.80 Å². The van der Waals surface area contributed by atoms with Crippen molar-refractivity contribution in [2.24, 2.45) is 0 Å². The van der Waals surface area contributed by atoms with E-state index < -0.39 is 0 Å². The molecule has 1 fully saturated rings. The Morgan fingerprint density at radius 3 is 2.78 bits per heavy atom. The Balaban J connectivity index is 1.48. The number of amides is 1. The third kappa shape index (κ3) is 3.60. The van der Waals surface area contributed by atoms with Gasteiger partial charge >= 0.3 is 0 Å². The number of halogens is 1. The fraction of sp³-hybridized carbons (Fsp3) is 0.227. The Kier molecular flexibility index (Phi) is 5.32. The normalized spacial score (nSPS) is 15.8. The highest BCUT2D eigenvalue weighted by atomic mass is 35.5. The SMILES string of the molecule is COc1ccc(-n2nccn2)c(C(=O)N2CCC[C@H]2c2nc(-c3ccccc3Cl)no2)c1. The van der Waals surface area contributed by atoms with Gasteiger partial charge in [-0.3, -0.25) is 4.79 Å². The molecular weight excluding hydrogens is 432 g/mol. The molecule has 9 nitrogen and oxygen atoms in total. The maximum Gasteiger partial charge on any atom is 0.256 e. The van der Waals surface area contributed by atoms with Gasteiger partial charge in [0, 0.05) is 12.1 Å². The van der Waals surface area contributed by atoms with Crippen molar-refractivity contribution in [3.8, 4) is 22.8 Å². The summed E-state index contributed by atoms with van der Waals surface area (Å²) in [5.74, 6) is 1.16. The molecule has 4 aromatic rings. The van der Waals surface area contributed by atoms with Crippen LogP contribution in [0, 0.1) is 0 Å². The summed E-state index contributed by atoms with van der Waals surface area (Å²) in [5, 5.41) is 13.0. The third-order valence-corrected chi connectivity index (χ3v) is 5.75. The second-order valence-corrected chi connectivity index (χ2v) is 7.70. The zero-order chi connectivity index (χ0) is 22.1. The van der Waals surface area contributed by atoms with Gasteiger partial charge in [0.15, 0.2) is 0 Å². The lowest BCUT2D eigenvalue weighted by molar-refractivity contribution is 0.0709. The molecule has 0 aliphatic carbocycles. The zero-order valence-corrected chi connectivity index (χ0v) is 17.9. The third-order valence-electron chi connectivity index (χ3n) is 5.42. The minimum Gasteiger partial charge on any atom is -0.497 e. The van der Waals surface area contributed by atoms with Crippen LogP contribution in [-0.4, -0.2) is 49.6 Å². The Morgan fingerprint density at radius 1 is 1.19 bits per heavy atom. The molecule has 1 amide bonds. The average molecular weight is 451 g/mol. The number of aromatic nitrogens is 5. The molecule has 0 bridgehead atoms. The number of benzene rings is 2. The molecule has 2 aromatic heterocycles. The standard InChI is InChI=1S/C22H19ClN6O3/c1-31-14-8-9-18(29-24-10-11-25-29)16(13-14)22(30)28-12-4-7-19(28)21-26-20(27-32-21)15-5-2-3-6-17(15)23/h2-3,5-6,8-11,13,19H,4,7,12H2,1H3/t19-/m0/s1. The number of likely N-dealkylation sites (tertiary alicyclic amines) is 1. The topological polar surface area (TPSA) is 99.2 Å². The van der Waals surface area contributed by atoms with Crippen LogP contribution in [0.4, 0.5) is 0 Å². The summed E-state index contributed by atoms with van der Waals surface area (Å²) in [6.45, 7) is 0.566. The molecule has 3 heterocycles. The number of hydrogen-bond donors (Lipinski definition) is 0. The minimum absolute atomic E-state index is 0.184. The van der Waals surface area contributed by atoms with E-state index in [1.807, 2.05) is 18.2 Å². The first-order chi connectivity index (χ1) is 15.7. The van der Waals surface area contributed by atoms with Gasteiger partial charge in [-0.1, -0.05) is 28.9 Å². The van der Waals surface area contributed by atoms with E-state index in [0.717, 1.165) is 12.8 Å². The summed E-state index contributed by atoms with van der Waals surface area (Å²) in [6, 6.07) is 12.2. The van der Waals surface area contributed by atoms with Gasteiger partial charge in [-0.25, -0.2) is 0 Å². The number of carbonyl (C=O) groups excluding carboxylic acids is 1. The van der Waals surface area contributed by atoms with E-state index in [2.05, 4.69) is 20.3 Å². The van der Waals surface area contributed by atoms with E-state index in [-0.39, 0.29) is 11.9 Å². The minimum atomic E-state index is -0.337. The molecule has 1 aliphatic rings. The highest BCUT2D eigenvalue weighted by molar-refractivity contribution is 6.33. The van der Waals surface area contributed by atoms with Crippen molar-refractivity contribution >= 4 is 17.5 Å².